The predicted molar refractivity (Wildman–Crippen MR) is 76.8 cm³/mol. The van der Waals surface area contributed by atoms with Crippen molar-refractivity contribution in [1.82, 2.24) is 0 Å². The van der Waals surface area contributed by atoms with E-state index in [-0.39, 0.29) is 10.6 Å². The van der Waals surface area contributed by atoms with E-state index >= 15 is 0 Å². The molecule has 108 valence electrons. The lowest BCUT2D eigenvalue weighted by atomic mass is 10.0. The molecule has 1 aromatic rings. The maximum absolute atomic E-state index is 11.3. The molecular weight excluding hydrogens is 256 g/mol. The lowest BCUT2D eigenvalue weighted by Crippen LogP contribution is -2.21. The number of nitrogens with zero attached hydrogens (tertiary/aromatic N) is 2. The topological polar surface area (TPSA) is 66.6 Å². The van der Waals surface area contributed by atoms with Gasteiger partial charge in [0, 0.05) is 19.2 Å². The molecule has 3 atom stereocenters. The molecule has 5 heteroatoms. The first-order valence-corrected chi connectivity index (χ1v) is 7.27. The van der Waals surface area contributed by atoms with Gasteiger partial charge in [0.1, 0.15) is 5.69 Å². The Morgan fingerprint density at radius 1 is 1.35 bits per heavy atom. The molecule has 0 amide bonds. The van der Waals surface area contributed by atoms with Gasteiger partial charge in [-0.25, -0.2) is 0 Å². The number of hydrogen-bond donors (Lipinski definition) is 1. The fourth-order valence-corrected chi connectivity index (χ4v) is 3.65. The summed E-state index contributed by atoms with van der Waals surface area (Å²) in [6.07, 6.45) is 3.12. The van der Waals surface area contributed by atoms with Gasteiger partial charge in [-0.1, -0.05) is 12.5 Å². The summed E-state index contributed by atoms with van der Waals surface area (Å²) >= 11 is 0. The highest BCUT2D eigenvalue weighted by molar-refractivity contribution is 5.65. The number of aliphatic hydroxyl groups is 1. The van der Waals surface area contributed by atoms with Crippen LogP contribution in [-0.2, 0) is 0 Å². The molecule has 0 radical (unpaired) electrons. The van der Waals surface area contributed by atoms with Crippen LogP contribution in [0.4, 0.5) is 11.4 Å². The predicted octanol–water partition coefficient (Wildman–Crippen LogP) is 2.88. The molecule has 20 heavy (non-hydrogen) atoms. The molecule has 2 unspecified atom stereocenters. The zero-order valence-electron chi connectivity index (χ0n) is 11.7. The third-order valence-electron chi connectivity index (χ3n) is 4.75. The number of hydrogen-bond acceptors (Lipinski definition) is 4. The molecule has 1 N–H and O–H groups in total. The molecule has 2 aliphatic rings. The van der Waals surface area contributed by atoms with Crippen molar-refractivity contribution in [3.8, 4) is 0 Å². The van der Waals surface area contributed by atoms with Gasteiger partial charge < -0.3 is 10.0 Å². The molecule has 1 saturated heterocycles. The first-order valence-electron chi connectivity index (χ1n) is 7.27. The molecule has 2 fully saturated rings. The summed E-state index contributed by atoms with van der Waals surface area (Å²) in [5.74, 6) is 1.40. The lowest BCUT2D eigenvalue weighted by molar-refractivity contribution is -0.384. The first-order chi connectivity index (χ1) is 9.56. The largest absolute Gasteiger partial charge is 0.389 e. The third-order valence-corrected chi connectivity index (χ3v) is 4.75. The maximum atomic E-state index is 11.3. The van der Waals surface area contributed by atoms with Crippen LogP contribution in [0, 0.1) is 22.0 Å². The summed E-state index contributed by atoms with van der Waals surface area (Å²) < 4.78 is 0. The van der Waals surface area contributed by atoms with Crippen molar-refractivity contribution in [1.29, 1.82) is 0 Å². The fourth-order valence-electron chi connectivity index (χ4n) is 3.65. The van der Waals surface area contributed by atoms with Gasteiger partial charge in [-0.3, -0.25) is 10.1 Å². The maximum Gasteiger partial charge on any atom is 0.292 e. The van der Waals surface area contributed by atoms with Gasteiger partial charge in [0.15, 0.2) is 0 Å². The van der Waals surface area contributed by atoms with E-state index in [4.69, 9.17) is 0 Å². The van der Waals surface area contributed by atoms with E-state index in [1.54, 1.807) is 19.1 Å². The number of nitro benzene ring substituents is 1. The van der Waals surface area contributed by atoms with Gasteiger partial charge >= 0.3 is 0 Å². The first kappa shape index (κ1) is 13.4. The van der Waals surface area contributed by atoms with Crippen LogP contribution in [0.15, 0.2) is 18.2 Å². The van der Waals surface area contributed by atoms with Crippen molar-refractivity contribution < 1.29 is 10.0 Å². The van der Waals surface area contributed by atoms with Crippen LogP contribution in [0.1, 0.15) is 37.9 Å². The van der Waals surface area contributed by atoms with Crippen molar-refractivity contribution in [3.63, 3.8) is 0 Å². The lowest BCUT2D eigenvalue weighted by Gasteiger charge is -2.20. The van der Waals surface area contributed by atoms with Gasteiger partial charge in [0.2, 0.25) is 0 Å². The minimum atomic E-state index is -0.680. The van der Waals surface area contributed by atoms with Crippen LogP contribution in [0.2, 0.25) is 0 Å². The Kier molecular flexibility index (Phi) is 3.38. The van der Waals surface area contributed by atoms with Crippen LogP contribution in [0.25, 0.3) is 0 Å². The minimum Gasteiger partial charge on any atom is -0.389 e. The van der Waals surface area contributed by atoms with Crippen molar-refractivity contribution in [3.05, 3.63) is 33.9 Å². The zero-order valence-corrected chi connectivity index (χ0v) is 11.7. The van der Waals surface area contributed by atoms with Crippen molar-refractivity contribution in [2.75, 3.05) is 18.0 Å². The summed E-state index contributed by atoms with van der Waals surface area (Å²) in [6.45, 7) is 3.48. The molecule has 1 saturated carbocycles. The zero-order chi connectivity index (χ0) is 14.3. The molecule has 0 aromatic heterocycles. The van der Waals surface area contributed by atoms with E-state index in [9.17, 15) is 15.2 Å². The fraction of sp³-hybridized carbons (Fsp3) is 0.600. The second kappa shape index (κ2) is 5.05. The number of fused-ring (bicyclic) bond motifs is 1. The van der Waals surface area contributed by atoms with E-state index in [0.717, 1.165) is 13.1 Å². The van der Waals surface area contributed by atoms with E-state index in [1.165, 1.54) is 25.3 Å². The van der Waals surface area contributed by atoms with Gasteiger partial charge in [-0.2, -0.15) is 0 Å². The molecule has 1 heterocycles. The van der Waals surface area contributed by atoms with Gasteiger partial charge in [0.25, 0.3) is 5.69 Å². The molecule has 0 bridgehead atoms. The Labute approximate surface area is 118 Å². The standard InChI is InChI=1S/C15H20N2O3/c1-10(18)11-5-6-14(15(7-11)17(19)20)16-8-12-3-2-4-13(12)9-16/h5-7,10,12-13,18H,2-4,8-9H2,1H3/t10-,12?,13?/m1/s1. The smallest absolute Gasteiger partial charge is 0.292 e. The number of anilines is 1. The Bertz CT molecular complexity index is 518. The molecular formula is C15H20N2O3. The highest BCUT2D eigenvalue weighted by Crippen LogP contribution is 2.42. The second-order valence-corrected chi connectivity index (χ2v) is 6.04. The number of nitro groups is 1. The summed E-state index contributed by atoms with van der Waals surface area (Å²) in [7, 11) is 0. The number of benzene rings is 1. The molecule has 1 aromatic carbocycles. The van der Waals surface area contributed by atoms with E-state index in [0.29, 0.717) is 23.1 Å². The van der Waals surface area contributed by atoms with E-state index in [2.05, 4.69) is 4.90 Å². The number of aliphatic hydroxyl groups excluding tert-OH is 1. The van der Waals surface area contributed by atoms with Gasteiger partial charge in [-0.05, 0) is 43.2 Å². The summed E-state index contributed by atoms with van der Waals surface area (Å²) in [5.41, 5.74) is 1.41. The minimum absolute atomic E-state index is 0.114. The Hall–Kier alpha value is -1.62. The van der Waals surface area contributed by atoms with Crippen molar-refractivity contribution in [2.45, 2.75) is 32.3 Å². The van der Waals surface area contributed by atoms with E-state index < -0.39 is 6.10 Å². The monoisotopic (exact) mass is 276 g/mol. The van der Waals surface area contributed by atoms with Crippen molar-refractivity contribution in [2.24, 2.45) is 11.8 Å². The molecule has 0 spiro atoms. The third kappa shape index (κ3) is 2.26. The van der Waals surface area contributed by atoms with E-state index in [1.807, 2.05) is 0 Å². The Balaban J connectivity index is 1.91. The average molecular weight is 276 g/mol. The highest BCUT2D eigenvalue weighted by atomic mass is 16.6. The Morgan fingerprint density at radius 2 is 2.00 bits per heavy atom. The quantitative estimate of drug-likeness (QED) is 0.681. The molecule has 3 rings (SSSR count). The summed E-state index contributed by atoms with van der Waals surface area (Å²) in [4.78, 5) is 13.1. The van der Waals surface area contributed by atoms with Crippen LogP contribution < -0.4 is 4.90 Å². The van der Waals surface area contributed by atoms with Crippen LogP contribution >= 0.6 is 0 Å². The second-order valence-electron chi connectivity index (χ2n) is 6.04. The Morgan fingerprint density at radius 3 is 2.55 bits per heavy atom. The number of rotatable bonds is 3. The highest BCUT2D eigenvalue weighted by Gasteiger charge is 2.38. The van der Waals surface area contributed by atoms with Crippen LogP contribution in [-0.4, -0.2) is 23.1 Å². The normalized spacial score (nSPS) is 26.6. The van der Waals surface area contributed by atoms with Crippen molar-refractivity contribution >= 4 is 11.4 Å². The molecule has 5 nitrogen and oxygen atoms in total. The van der Waals surface area contributed by atoms with Gasteiger partial charge in [0.05, 0.1) is 11.0 Å². The van der Waals surface area contributed by atoms with Crippen LogP contribution in [0.5, 0.6) is 0 Å². The van der Waals surface area contributed by atoms with Gasteiger partial charge in [-0.15, -0.1) is 0 Å². The summed E-state index contributed by atoms with van der Waals surface area (Å²) in [6, 6.07) is 5.09. The SMILES string of the molecule is C[C@@H](O)c1ccc(N2CC3CCCC3C2)c([N+](=O)[O-])c1. The summed E-state index contributed by atoms with van der Waals surface area (Å²) in [5, 5.41) is 20.9. The average Bonchev–Trinajstić information content (AvgIpc) is 2.98. The molecule has 1 aliphatic heterocycles. The molecule has 1 aliphatic carbocycles. The van der Waals surface area contributed by atoms with Crippen LogP contribution in [0.3, 0.4) is 0 Å².